The first-order chi connectivity index (χ1) is 21.4. The lowest BCUT2D eigenvalue weighted by molar-refractivity contribution is -0.138. The van der Waals surface area contributed by atoms with Crippen LogP contribution in [0.2, 0.25) is 0 Å². The minimum Gasteiger partial charge on any atom is -0.355 e. The molecule has 9 nitrogen and oxygen atoms in total. The van der Waals surface area contributed by atoms with Crippen LogP contribution < -0.4 is 10.9 Å². The fraction of sp³-hybridized carbons (Fsp3) is 0.344. The zero-order valence-electron chi connectivity index (χ0n) is 24.8. The second-order valence-electron chi connectivity index (χ2n) is 11.4. The van der Waals surface area contributed by atoms with Gasteiger partial charge in [0.25, 0.3) is 17.4 Å². The van der Waals surface area contributed by atoms with Crippen molar-refractivity contribution in [3.63, 3.8) is 0 Å². The maximum Gasteiger partial charge on any atom is 0.417 e. The molecule has 13 heteroatoms. The van der Waals surface area contributed by atoms with Crippen LogP contribution in [0, 0.1) is 6.92 Å². The van der Waals surface area contributed by atoms with Crippen LogP contribution in [0.5, 0.6) is 0 Å². The van der Waals surface area contributed by atoms with Gasteiger partial charge in [-0.25, -0.2) is 14.2 Å². The Morgan fingerprint density at radius 2 is 1.69 bits per heavy atom. The summed E-state index contributed by atoms with van der Waals surface area (Å²) in [5, 5.41) is 7.44. The molecule has 0 radical (unpaired) electrons. The van der Waals surface area contributed by atoms with Crippen molar-refractivity contribution in [2.45, 2.75) is 64.7 Å². The number of rotatable bonds is 4. The van der Waals surface area contributed by atoms with E-state index in [1.165, 1.54) is 28.6 Å². The quantitative estimate of drug-likeness (QED) is 0.314. The zero-order chi connectivity index (χ0) is 32.2. The fourth-order valence-corrected chi connectivity index (χ4v) is 6.62. The average molecular weight is 684 g/mol. The number of amides is 2. The fourth-order valence-electron chi connectivity index (χ4n) is 6.15. The van der Waals surface area contributed by atoms with Gasteiger partial charge in [-0.15, -0.1) is 0 Å². The normalized spacial score (nSPS) is 16.2. The lowest BCUT2D eigenvalue weighted by Gasteiger charge is -2.34. The Kier molecular flexibility index (Phi) is 7.92. The van der Waals surface area contributed by atoms with Gasteiger partial charge in [0.2, 0.25) is 5.95 Å². The second-order valence-corrected chi connectivity index (χ2v) is 12.3. The number of aryl methyl sites for hydroxylation is 1. The van der Waals surface area contributed by atoms with E-state index in [1.54, 1.807) is 35.9 Å². The molecule has 0 bridgehead atoms. The highest BCUT2D eigenvalue weighted by molar-refractivity contribution is 9.10. The smallest absolute Gasteiger partial charge is 0.355 e. The molecular weight excluding hydrogens is 653 g/mol. The molecule has 4 aromatic rings. The molecule has 45 heavy (non-hydrogen) atoms. The summed E-state index contributed by atoms with van der Waals surface area (Å²) in [5.41, 5.74) is 3.24. The van der Waals surface area contributed by atoms with E-state index in [0.29, 0.717) is 22.5 Å². The van der Waals surface area contributed by atoms with Crippen LogP contribution in [0.25, 0.3) is 11.6 Å². The van der Waals surface area contributed by atoms with Gasteiger partial charge in [0, 0.05) is 39.9 Å². The molecule has 1 aliphatic heterocycles. The van der Waals surface area contributed by atoms with Gasteiger partial charge in [0.1, 0.15) is 0 Å². The molecular formula is C32H30BrF3N6O3. The minimum absolute atomic E-state index is 0.0640. The summed E-state index contributed by atoms with van der Waals surface area (Å²) in [5.74, 6) is -0.613. The monoisotopic (exact) mass is 682 g/mol. The molecule has 234 valence electrons. The molecule has 2 aromatic heterocycles. The van der Waals surface area contributed by atoms with E-state index in [0.717, 1.165) is 48.7 Å². The Morgan fingerprint density at radius 1 is 1.00 bits per heavy atom. The molecule has 0 spiro atoms. The zero-order valence-corrected chi connectivity index (χ0v) is 26.4. The maximum absolute atomic E-state index is 14.3. The molecule has 0 saturated heterocycles. The highest BCUT2D eigenvalue weighted by Crippen LogP contribution is 2.36. The number of carbonyl (C=O) groups is 2. The molecule has 2 aliphatic rings. The van der Waals surface area contributed by atoms with Crippen molar-refractivity contribution >= 4 is 27.7 Å². The van der Waals surface area contributed by atoms with Gasteiger partial charge >= 0.3 is 6.18 Å². The number of aromatic nitrogens is 4. The topological polar surface area (TPSA) is 102 Å². The first kappa shape index (κ1) is 30.8. The summed E-state index contributed by atoms with van der Waals surface area (Å²) in [4.78, 5) is 46.5. The predicted molar refractivity (Wildman–Crippen MR) is 164 cm³/mol. The highest BCUT2D eigenvalue weighted by atomic mass is 79.9. The van der Waals surface area contributed by atoms with Gasteiger partial charge in [-0.2, -0.15) is 18.3 Å². The van der Waals surface area contributed by atoms with E-state index in [4.69, 9.17) is 10.1 Å². The van der Waals surface area contributed by atoms with Gasteiger partial charge in [-0.05, 0) is 94.0 Å². The molecule has 3 heterocycles. The van der Waals surface area contributed by atoms with Gasteiger partial charge in [-0.3, -0.25) is 14.4 Å². The molecule has 0 saturated carbocycles. The van der Waals surface area contributed by atoms with Crippen molar-refractivity contribution in [1.82, 2.24) is 29.5 Å². The van der Waals surface area contributed by atoms with E-state index in [9.17, 15) is 27.6 Å². The number of alkyl halides is 3. The van der Waals surface area contributed by atoms with E-state index >= 15 is 0 Å². The van der Waals surface area contributed by atoms with Gasteiger partial charge in [0.05, 0.1) is 29.2 Å². The molecule has 1 N–H and O–H groups in total. The second kappa shape index (κ2) is 11.6. The summed E-state index contributed by atoms with van der Waals surface area (Å²) in [7, 11) is 1.54. The lowest BCUT2D eigenvalue weighted by Crippen LogP contribution is -2.46. The van der Waals surface area contributed by atoms with Gasteiger partial charge in [0.15, 0.2) is 0 Å². The molecule has 2 amide bonds. The average Bonchev–Trinajstić information content (AvgIpc) is 3.36. The summed E-state index contributed by atoms with van der Waals surface area (Å²) in [6.45, 7) is 3.63. The van der Waals surface area contributed by atoms with E-state index < -0.39 is 23.7 Å². The van der Waals surface area contributed by atoms with E-state index in [-0.39, 0.29) is 40.4 Å². The summed E-state index contributed by atoms with van der Waals surface area (Å²) >= 11 is 2.93. The third kappa shape index (κ3) is 5.47. The number of benzene rings is 2. The van der Waals surface area contributed by atoms with Crippen LogP contribution in [0.4, 0.5) is 13.2 Å². The minimum atomic E-state index is -4.64. The summed E-state index contributed by atoms with van der Waals surface area (Å²) in [6.07, 6.45) is -0.769. The number of nitrogens with one attached hydrogen (secondary N) is 1. The maximum atomic E-state index is 14.3. The van der Waals surface area contributed by atoms with Crippen LogP contribution in [-0.2, 0) is 32.0 Å². The van der Waals surface area contributed by atoms with Crippen molar-refractivity contribution in [3.05, 3.63) is 102 Å². The largest absolute Gasteiger partial charge is 0.417 e. The third-order valence-electron chi connectivity index (χ3n) is 8.59. The SMILES string of the molecule is CNC(=O)c1ccc(-n2c(-n3nc4c(c3C)CCCC4)nc3c(c2=O)C[C@@H](C)N(C(=O)c2ccc(Br)c(C(F)(F)F)c2)C3)cc1. The molecule has 1 atom stereocenters. The molecule has 2 aromatic carbocycles. The highest BCUT2D eigenvalue weighted by Gasteiger charge is 2.36. The van der Waals surface area contributed by atoms with E-state index in [1.807, 2.05) is 6.92 Å². The third-order valence-corrected chi connectivity index (χ3v) is 9.29. The number of halogens is 4. The Labute approximate surface area is 265 Å². The first-order valence-electron chi connectivity index (χ1n) is 14.6. The van der Waals surface area contributed by atoms with Gasteiger partial charge < -0.3 is 10.2 Å². The number of hydrogen-bond acceptors (Lipinski definition) is 5. The molecule has 1 aliphatic carbocycles. The Hall–Kier alpha value is -4.26. The molecule has 0 unspecified atom stereocenters. The number of carbonyl (C=O) groups excluding carboxylic acids is 2. The number of fused-ring (bicyclic) bond motifs is 2. The van der Waals surface area contributed by atoms with Crippen LogP contribution in [0.15, 0.2) is 51.7 Å². The number of nitrogens with zero attached hydrogens (tertiary/aromatic N) is 5. The van der Waals surface area contributed by atoms with Crippen molar-refractivity contribution < 1.29 is 22.8 Å². The van der Waals surface area contributed by atoms with Crippen LogP contribution >= 0.6 is 15.9 Å². The summed E-state index contributed by atoms with van der Waals surface area (Å²) in [6, 6.07) is 9.51. The van der Waals surface area contributed by atoms with E-state index in [2.05, 4.69) is 21.2 Å². The van der Waals surface area contributed by atoms with Crippen molar-refractivity contribution in [2.75, 3.05) is 7.05 Å². The van der Waals surface area contributed by atoms with Gasteiger partial charge in [-0.1, -0.05) is 15.9 Å². The Balaban J connectivity index is 1.48. The van der Waals surface area contributed by atoms with Crippen molar-refractivity contribution in [1.29, 1.82) is 0 Å². The molecule has 6 rings (SSSR count). The first-order valence-corrected chi connectivity index (χ1v) is 15.4. The number of hydrogen-bond donors (Lipinski definition) is 1. The van der Waals surface area contributed by atoms with Crippen molar-refractivity contribution in [3.8, 4) is 11.6 Å². The predicted octanol–water partition coefficient (Wildman–Crippen LogP) is 5.33. The Bertz CT molecular complexity index is 1900. The standard InChI is InChI=1S/C32H30BrF3N6O3/c1-17-14-23-27(16-40(17)29(44)20-10-13-25(33)24(15-20)32(34,35)36)38-31(42-18(2)22-6-4-5-7-26(22)39-42)41(30(23)45)21-11-8-19(9-12-21)28(43)37-3/h8-13,15,17H,4-7,14,16H2,1-3H3,(H,37,43)/t17-/m1/s1. The van der Waals surface area contributed by atoms with Crippen LogP contribution in [0.3, 0.4) is 0 Å². The molecule has 0 fully saturated rings. The lowest BCUT2D eigenvalue weighted by atomic mass is 9.96. The van der Waals surface area contributed by atoms with Crippen LogP contribution in [-0.4, -0.2) is 49.1 Å². The Morgan fingerprint density at radius 3 is 2.36 bits per heavy atom. The van der Waals surface area contributed by atoms with Crippen LogP contribution in [0.1, 0.15) is 74.3 Å². The van der Waals surface area contributed by atoms with Crippen molar-refractivity contribution in [2.24, 2.45) is 0 Å². The summed E-state index contributed by atoms with van der Waals surface area (Å²) < 4.78 is 43.8.